The maximum absolute atomic E-state index is 3.57. The fourth-order valence-electron chi connectivity index (χ4n) is 2.10. The SMILES string of the molecule is CCSCCNCC1CCCC1C. The largest absolute Gasteiger partial charge is 0.316 e. The summed E-state index contributed by atoms with van der Waals surface area (Å²) >= 11 is 2.03. The lowest BCUT2D eigenvalue weighted by Gasteiger charge is -2.15. The van der Waals surface area contributed by atoms with E-state index >= 15 is 0 Å². The molecule has 0 saturated heterocycles. The highest BCUT2D eigenvalue weighted by Crippen LogP contribution is 2.30. The zero-order valence-electron chi connectivity index (χ0n) is 9.01. The minimum Gasteiger partial charge on any atom is -0.316 e. The first-order chi connectivity index (χ1) is 6.34. The van der Waals surface area contributed by atoms with E-state index in [0.717, 1.165) is 11.8 Å². The summed E-state index contributed by atoms with van der Waals surface area (Å²) in [5.41, 5.74) is 0. The minimum atomic E-state index is 0.964. The van der Waals surface area contributed by atoms with Gasteiger partial charge in [0.15, 0.2) is 0 Å². The molecule has 1 aliphatic rings. The Bertz CT molecular complexity index is 127. The van der Waals surface area contributed by atoms with Crippen LogP contribution in [-0.4, -0.2) is 24.6 Å². The summed E-state index contributed by atoms with van der Waals surface area (Å²) < 4.78 is 0. The summed E-state index contributed by atoms with van der Waals surface area (Å²) in [5.74, 6) is 4.46. The van der Waals surface area contributed by atoms with Crippen LogP contribution < -0.4 is 5.32 Å². The molecule has 1 saturated carbocycles. The zero-order valence-corrected chi connectivity index (χ0v) is 9.83. The van der Waals surface area contributed by atoms with E-state index in [-0.39, 0.29) is 0 Å². The molecule has 0 aliphatic heterocycles. The highest BCUT2D eigenvalue weighted by molar-refractivity contribution is 7.99. The molecule has 0 aromatic rings. The first-order valence-electron chi connectivity index (χ1n) is 5.63. The molecule has 1 fully saturated rings. The van der Waals surface area contributed by atoms with Gasteiger partial charge in [-0.2, -0.15) is 11.8 Å². The summed E-state index contributed by atoms with van der Waals surface area (Å²) in [6, 6.07) is 0. The Morgan fingerprint density at radius 1 is 1.38 bits per heavy atom. The number of nitrogens with one attached hydrogen (secondary N) is 1. The van der Waals surface area contributed by atoms with Gasteiger partial charge in [0.2, 0.25) is 0 Å². The molecule has 1 aliphatic carbocycles. The van der Waals surface area contributed by atoms with E-state index in [9.17, 15) is 0 Å². The normalized spacial score (nSPS) is 28.2. The Hall–Kier alpha value is 0.310. The molecule has 0 spiro atoms. The van der Waals surface area contributed by atoms with Gasteiger partial charge in [-0.15, -0.1) is 0 Å². The topological polar surface area (TPSA) is 12.0 Å². The predicted octanol–water partition coefficient (Wildman–Crippen LogP) is 2.77. The maximum atomic E-state index is 3.57. The molecule has 1 rings (SSSR count). The van der Waals surface area contributed by atoms with Gasteiger partial charge in [0.1, 0.15) is 0 Å². The molecule has 0 amide bonds. The summed E-state index contributed by atoms with van der Waals surface area (Å²) in [4.78, 5) is 0. The highest BCUT2D eigenvalue weighted by atomic mass is 32.2. The molecular weight excluding hydrogens is 178 g/mol. The molecule has 0 aromatic carbocycles. The average Bonchev–Trinajstić information content (AvgIpc) is 2.52. The minimum absolute atomic E-state index is 0.964. The Morgan fingerprint density at radius 3 is 2.85 bits per heavy atom. The Labute approximate surface area is 87.1 Å². The molecule has 0 radical (unpaired) electrons. The molecule has 0 aromatic heterocycles. The van der Waals surface area contributed by atoms with Crippen molar-refractivity contribution in [3.05, 3.63) is 0 Å². The standard InChI is InChI=1S/C11H23NS/c1-3-13-8-7-12-9-11-6-4-5-10(11)2/h10-12H,3-9H2,1-2H3. The summed E-state index contributed by atoms with van der Waals surface area (Å²) in [5, 5.41) is 3.57. The zero-order chi connectivity index (χ0) is 9.52. The van der Waals surface area contributed by atoms with Crippen LogP contribution in [0.15, 0.2) is 0 Å². The van der Waals surface area contributed by atoms with Gasteiger partial charge in [0, 0.05) is 12.3 Å². The van der Waals surface area contributed by atoms with Gasteiger partial charge in [-0.25, -0.2) is 0 Å². The van der Waals surface area contributed by atoms with Crippen molar-refractivity contribution in [2.75, 3.05) is 24.6 Å². The van der Waals surface area contributed by atoms with Crippen LogP contribution in [0.5, 0.6) is 0 Å². The molecule has 13 heavy (non-hydrogen) atoms. The molecule has 2 heteroatoms. The quantitative estimate of drug-likeness (QED) is 0.663. The lowest BCUT2D eigenvalue weighted by molar-refractivity contribution is 0.397. The van der Waals surface area contributed by atoms with Crippen LogP contribution in [0.2, 0.25) is 0 Å². The van der Waals surface area contributed by atoms with Crippen molar-refractivity contribution < 1.29 is 0 Å². The number of thioether (sulfide) groups is 1. The van der Waals surface area contributed by atoms with Crippen molar-refractivity contribution in [3.8, 4) is 0 Å². The van der Waals surface area contributed by atoms with E-state index in [1.165, 1.54) is 43.9 Å². The van der Waals surface area contributed by atoms with Crippen LogP contribution in [0.1, 0.15) is 33.1 Å². The van der Waals surface area contributed by atoms with E-state index in [4.69, 9.17) is 0 Å². The molecule has 1 N–H and O–H groups in total. The predicted molar refractivity (Wildman–Crippen MR) is 62.4 cm³/mol. The lowest BCUT2D eigenvalue weighted by atomic mass is 9.98. The Kier molecular flexibility index (Phi) is 5.88. The van der Waals surface area contributed by atoms with E-state index in [2.05, 4.69) is 19.2 Å². The van der Waals surface area contributed by atoms with Crippen molar-refractivity contribution in [2.24, 2.45) is 11.8 Å². The summed E-state index contributed by atoms with van der Waals surface area (Å²) in [6.45, 7) is 7.08. The Morgan fingerprint density at radius 2 is 2.23 bits per heavy atom. The molecule has 78 valence electrons. The first-order valence-corrected chi connectivity index (χ1v) is 6.78. The Balaban J connectivity index is 1.93. The van der Waals surface area contributed by atoms with Gasteiger partial charge in [-0.3, -0.25) is 0 Å². The molecule has 1 nitrogen and oxygen atoms in total. The second-order valence-electron chi connectivity index (χ2n) is 4.07. The number of hydrogen-bond acceptors (Lipinski definition) is 2. The third-order valence-electron chi connectivity index (χ3n) is 3.07. The third kappa shape index (κ3) is 4.37. The third-order valence-corrected chi connectivity index (χ3v) is 3.97. The fraction of sp³-hybridized carbons (Fsp3) is 1.00. The van der Waals surface area contributed by atoms with E-state index in [1.807, 2.05) is 11.8 Å². The maximum Gasteiger partial charge on any atom is 0.00580 e. The lowest BCUT2D eigenvalue weighted by Crippen LogP contribution is -2.26. The molecular formula is C11H23NS. The molecule has 2 unspecified atom stereocenters. The van der Waals surface area contributed by atoms with Crippen molar-refractivity contribution in [1.29, 1.82) is 0 Å². The van der Waals surface area contributed by atoms with Crippen LogP contribution in [-0.2, 0) is 0 Å². The molecule has 0 heterocycles. The molecule has 0 bridgehead atoms. The second kappa shape index (κ2) is 6.72. The number of hydrogen-bond donors (Lipinski definition) is 1. The van der Waals surface area contributed by atoms with Crippen LogP contribution in [0, 0.1) is 11.8 Å². The van der Waals surface area contributed by atoms with Crippen LogP contribution in [0.25, 0.3) is 0 Å². The summed E-state index contributed by atoms with van der Waals surface area (Å²) in [7, 11) is 0. The van der Waals surface area contributed by atoms with E-state index in [0.29, 0.717) is 0 Å². The van der Waals surface area contributed by atoms with Crippen molar-refractivity contribution in [1.82, 2.24) is 5.32 Å². The first kappa shape index (κ1) is 11.4. The molecule has 2 atom stereocenters. The van der Waals surface area contributed by atoms with Gasteiger partial charge in [0.05, 0.1) is 0 Å². The summed E-state index contributed by atoms with van der Waals surface area (Å²) in [6.07, 6.45) is 4.36. The smallest absolute Gasteiger partial charge is 0.00580 e. The number of rotatable bonds is 6. The van der Waals surface area contributed by atoms with E-state index in [1.54, 1.807) is 0 Å². The monoisotopic (exact) mass is 201 g/mol. The average molecular weight is 201 g/mol. The van der Waals surface area contributed by atoms with Gasteiger partial charge >= 0.3 is 0 Å². The van der Waals surface area contributed by atoms with Crippen LogP contribution >= 0.6 is 11.8 Å². The fourth-order valence-corrected chi connectivity index (χ4v) is 2.68. The van der Waals surface area contributed by atoms with Gasteiger partial charge in [0.25, 0.3) is 0 Å². The second-order valence-corrected chi connectivity index (χ2v) is 5.46. The van der Waals surface area contributed by atoms with Gasteiger partial charge < -0.3 is 5.32 Å². The van der Waals surface area contributed by atoms with E-state index < -0.39 is 0 Å². The van der Waals surface area contributed by atoms with Crippen molar-refractivity contribution >= 4 is 11.8 Å². The van der Waals surface area contributed by atoms with Gasteiger partial charge in [-0.1, -0.05) is 26.7 Å². The van der Waals surface area contributed by atoms with Gasteiger partial charge in [-0.05, 0) is 30.6 Å². The van der Waals surface area contributed by atoms with Crippen molar-refractivity contribution in [2.45, 2.75) is 33.1 Å². The van der Waals surface area contributed by atoms with Crippen LogP contribution in [0.4, 0.5) is 0 Å². The van der Waals surface area contributed by atoms with Crippen LogP contribution in [0.3, 0.4) is 0 Å². The highest BCUT2D eigenvalue weighted by Gasteiger charge is 2.22. The van der Waals surface area contributed by atoms with Crippen molar-refractivity contribution in [3.63, 3.8) is 0 Å².